The Morgan fingerprint density at radius 3 is 2.48 bits per heavy atom. The summed E-state index contributed by atoms with van der Waals surface area (Å²) in [5.41, 5.74) is 2.59. The molecule has 0 aromatic carbocycles. The van der Waals surface area contributed by atoms with Crippen LogP contribution in [-0.2, 0) is 9.53 Å². The van der Waals surface area contributed by atoms with E-state index in [4.69, 9.17) is 4.74 Å². The van der Waals surface area contributed by atoms with Crippen molar-refractivity contribution in [3.8, 4) is 0 Å². The minimum Gasteiger partial charge on any atom is -0.481 e. The first-order valence-electron chi connectivity index (χ1n) is 9.01. The molecule has 1 N–H and O–H groups in total. The third kappa shape index (κ3) is 4.94. The number of ether oxygens (including phenoxy) is 1. The number of rotatable bonds is 1. The van der Waals surface area contributed by atoms with Crippen molar-refractivity contribution in [2.24, 2.45) is 11.8 Å². The highest BCUT2D eigenvalue weighted by Crippen LogP contribution is 2.42. The summed E-state index contributed by atoms with van der Waals surface area (Å²) < 4.78 is 6.20. The molecular formula is C20H32O3. The zero-order valence-corrected chi connectivity index (χ0v) is 15.1. The van der Waals surface area contributed by atoms with Gasteiger partial charge in [0.1, 0.15) is 0 Å². The normalized spacial score (nSPS) is 32.6. The van der Waals surface area contributed by atoms with Crippen molar-refractivity contribution in [3.05, 3.63) is 23.3 Å². The fourth-order valence-corrected chi connectivity index (χ4v) is 3.94. The molecule has 2 rings (SSSR count). The molecule has 0 radical (unpaired) electrons. The number of hydrogen-bond acceptors (Lipinski definition) is 2. The van der Waals surface area contributed by atoms with Gasteiger partial charge in [0.25, 0.3) is 0 Å². The summed E-state index contributed by atoms with van der Waals surface area (Å²) in [4.78, 5) is 11.7. The van der Waals surface area contributed by atoms with E-state index in [1.165, 1.54) is 11.1 Å². The van der Waals surface area contributed by atoms with E-state index in [1.54, 1.807) is 0 Å². The predicted molar refractivity (Wildman–Crippen MR) is 93.4 cm³/mol. The maximum absolute atomic E-state index is 11.7. The number of hydrogen-bond donors (Lipinski definition) is 1. The molecule has 0 saturated carbocycles. The number of aliphatic carboxylic acids is 1. The van der Waals surface area contributed by atoms with Gasteiger partial charge in [-0.15, -0.1) is 0 Å². The van der Waals surface area contributed by atoms with Crippen LogP contribution in [0.4, 0.5) is 0 Å². The van der Waals surface area contributed by atoms with Gasteiger partial charge in [-0.25, -0.2) is 0 Å². The van der Waals surface area contributed by atoms with E-state index < -0.39 is 5.97 Å². The summed E-state index contributed by atoms with van der Waals surface area (Å²) in [7, 11) is 0. The van der Waals surface area contributed by atoms with E-state index in [9.17, 15) is 9.90 Å². The number of carboxylic acids is 1. The van der Waals surface area contributed by atoms with Gasteiger partial charge in [0, 0.05) is 0 Å². The smallest absolute Gasteiger partial charge is 0.309 e. The van der Waals surface area contributed by atoms with Gasteiger partial charge in [-0.2, -0.15) is 0 Å². The molecule has 1 aliphatic heterocycles. The number of carbonyl (C=O) groups is 1. The lowest BCUT2D eigenvalue weighted by Crippen LogP contribution is -2.31. The van der Waals surface area contributed by atoms with Gasteiger partial charge < -0.3 is 9.84 Å². The van der Waals surface area contributed by atoms with Crippen molar-refractivity contribution in [1.29, 1.82) is 0 Å². The van der Waals surface area contributed by atoms with Crippen LogP contribution >= 0.6 is 0 Å². The van der Waals surface area contributed by atoms with Crippen LogP contribution in [0.3, 0.4) is 0 Å². The minimum atomic E-state index is -0.708. The molecule has 1 saturated heterocycles. The highest BCUT2D eigenvalue weighted by Gasteiger charge is 2.45. The Morgan fingerprint density at radius 1 is 1.13 bits per heavy atom. The van der Waals surface area contributed by atoms with Crippen LogP contribution in [0.1, 0.15) is 72.6 Å². The Morgan fingerprint density at radius 2 is 1.78 bits per heavy atom. The zero-order chi connectivity index (χ0) is 17.0. The molecule has 0 spiro atoms. The molecule has 1 fully saturated rings. The average molecular weight is 320 g/mol. The quantitative estimate of drug-likeness (QED) is 0.682. The van der Waals surface area contributed by atoms with Crippen LogP contribution in [-0.4, -0.2) is 22.8 Å². The molecule has 1 heterocycles. The minimum absolute atomic E-state index is 0.145. The highest BCUT2D eigenvalue weighted by molar-refractivity contribution is 5.70. The second kappa shape index (κ2) is 7.65. The van der Waals surface area contributed by atoms with Gasteiger partial charge >= 0.3 is 5.97 Å². The Labute approximate surface area is 140 Å². The van der Waals surface area contributed by atoms with Crippen molar-refractivity contribution in [3.63, 3.8) is 0 Å². The SMILES string of the molecule is CC1=CCCC(C(=O)O)C2CC(CCC(C)=CCC1)C(C)(C)O2. The predicted octanol–water partition coefficient (Wildman–Crippen LogP) is 5.12. The van der Waals surface area contributed by atoms with Crippen molar-refractivity contribution in [2.45, 2.75) is 84.3 Å². The zero-order valence-electron chi connectivity index (χ0n) is 15.1. The number of carboxylic acid groups (broad SMARTS) is 1. The molecule has 3 atom stereocenters. The molecule has 2 bridgehead atoms. The first kappa shape index (κ1) is 18.3. The standard InChI is InChI=1S/C20H32O3/c1-14-7-5-8-15(2)11-12-16-13-18(23-20(16,3)4)17(19(21)22)10-6-9-14/h8-9,16-18H,5-7,10-13H2,1-4H3,(H,21,22). The van der Waals surface area contributed by atoms with Crippen LogP contribution in [0, 0.1) is 11.8 Å². The van der Waals surface area contributed by atoms with Gasteiger partial charge in [0.05, 0.1) is 17.6 Å². The molecule has 0 aromatic rings. The number of fused-ring (bicyclic) bond motifs is 2. The largest absolute Gasteiger partial charge is 0.481 e. The Kier molecular flexibility index (Phi) is 6.07. The van der Waals surface area contributed by atoms with Crippen molar-refractivity contribution >= 4 is 5.97 Å². The van der Waals surface area contributed by atoms with Gasteiger partial charge in [-0.05, 0) is 78.6 Å². The summed E-state index contributed by atoms with van der Waals surface area (Å²) >= 11 is 0. The highest BCUT2D eigenvalue weighted by atomic mass is 16.5. The Balaban J connectivity index is 2.19. The lowest BCUT2D eigenvalue weighted by molar-refractivity contribution is -0.149. The van der Waals surface area contributed by atoms with E-state index >= 15 is 0 Å². The third-order valence-electron chi connectivity index (χ3n) is 5.61. The van der Waals surface area contributed by atoms with Gasteiger partial charge in [0.15, 0.2) is 0 Å². The van der Waals surface area contributed by atoms with E-state index in [-0.39, 0.29) is 17.6 Å². The molecule has 2 aliphatic rings. The molecule has 130 valence electrons. The van der Waals surface area contributed by atoms with Crippen LogP contribution in [0.5, 0.6) is 0 Å². The van der Waals surface area contributed by atoms with Crippen molar-refractivity contribution < 1.29 is 14.6 Å². The third-order valence-corrected chi connectivity index (χ3v) is 5.61. The van der Waals surface area contributed by atoms with E-state index in [0.29, 0.717) is 12.3 Å². The molecule has 3 heteroatoms. The lowest BCUT2D eigenvalue weighted by atomic mass is 9.82. The monoisotopic (exact) mass is 320 g/mol. The Bertz CT molecular complexity index is 487. The van der Waals surface area contributed by atoms with Crippen molar-refractivity contribution in [2.75, 3.05) is 0 Å². The van der Waals surface area contributed by atoms with Crippen molar-refractivity contribution in [1.82, 2.24) is 0 Å². The molecule has 1 aliphatic carbocycles. The fraction of sp³-hybridized carbons (Fsp3) is 0.750. The second-order valence-corrected chi connectivity index (χ2v) is 7.89. The lowest BCUT2D eigenvalue weighted by Gasteiger charge is -2.27. The maximum Gasteiger partial charge on any atom is 0.309 e. The van der Waals surface area contributed by atoms with E-state index in [0.717, 1.165) is 38.5 Å². The van der Waals surface area contributed by atoms with Gasteiger partial charge in [-0.1, -0.05) is 23.3 Å². The van der Waals surface area contributed by atoms with Gasteiger partial charge in [-0.3, -0.25) is 4.79 Å². The van der Waals surface area contributed by atoms with E-state index in [2.05, 4.69) is 39.8 Å². The molecule has 3 nitrogen and oxygen atoms in total. The summed E-state index contributed by atoms with van der Waals surface area (Å²) in [6.45, 7) is 8.61. The van der Waals surface area contributed by atoms with Crippen LogP contribution < -0.4 is 0 Å². The Hall–Kier alpha value is -1.09. The van der Waals surface area contributed by atoms with Crippen LogP contribution in [0.15, 0.2) is 23.3 Å². The van der Waals surface area contributed by atoms with Gasteiger partial charge in [0.2, 0.25) is 0 Å². The molecule has 0 aromatic heterocycles. The summed E-state index contributed by atoms with van der Waals surface area (Å²) in [5.74, 6) is -0.651. The number of allylic oxidation sites excluding steroid dienone is 4. The summed E-state index contributed by atoms with van der Waals surface area (Å²) in [6, 6.07) is 0. The van der Waals surface area contributed by atoms with Crippen LogP contribution in [0.25, 0.3) is 0 Å². The molecular weight excluding hydrogens is 288 g/mol. The maximum atomic E-state index is 11.7. The first-order valence-corrected chi connectivity index (χ1v) is 9.01. The molecule has 0 amide bonds. The average Bonchev–Trinajstić information content (AvgIpc) is 2.74. The second-order valence-electron chi connectivity index (χ2n) is 7.89. The topological polar surface area (TPSA) is 46.5 Å². The summed E-state index contributed by atoms with van der Waals surface area (Å²) in [6.07, 6.45) is 11.1. The molecule has 3 unspecified atom stereocenters. The van der Waals surface area contributed by atoms with Crippen LogP contribution in [0.2, 0.25) is 0 Å². The summed E-state index contributed by atoms with van der Waals surface area (Å²) in [5, 5.41) is 9.63. The fourth-order valence-electron chi connectivity index (χ4n) is 3.94. The molecule has 23 heavy (non-hydrogen) atoms. The van der Waals surface area contributed by atoms with E-state index in [1.807, 2.05) is 0 Å². The first-order chi connectivity index (χ1) is 10.8.